The summed E-state index contributed by atoms with van der Waals surface area (Å²) in [6, 6.07) is 3.39. The molecule has 0 aliphatic carbocycles. The predicted molar refractivity (Wildman–Crippen MR) is 95.0 cm³/mol. The van der Waals surface area contributed by atoms with E-state index in [0.29, 0.717) is 24.8 Å². The molecule has 4 N–H and O–H groups in total. The van der Waals surface area contributed by atoms with Gasteiger partial charge in [-0.1, -0.05) is 13.8 Å². The molecule has 138 valence electrons. The first-order valence-corrected chi connectivity index (χ1v) is 8.62. The molecule has 1 atom stereocenters. The van der Waals surface area contributed by atoms with E-state index in [1.165, 1.54) is 0 Å². The van der Waals surface area contributed by atoms with E-state index in [1.807, 2.05) is 25.7 Å². The Morgan fingerprint density at radius 1 is 1.44 bits per heavy atom. The van der Waals surface area contributed by atoms with Gasteiger partial charge in [-0.15, -0.1) is 0 Å². The zero-order valence-corrected chi connectivity index (χ0v) is 15.0. The average Bonchev–Trinajstić information content (AvgIpc) is 3.21. The van der Waals surface area contributed by atoms with Crippen LogP contribution in [0.2, 0.25) is 0 Å². The van der Waals surface area contributed by atoms with Gasteiger partial charge in [0.2, 0.25) is 5.91 Å². The molecule has 0 bridgehead atoms. The molecule has 0 aromatic carbocycles. The Labute approximate surface area is 147 Å². The normalized spacial score (nSPS) is 17.8. The zero-order chi connectivity index (χ0) is 18.4. The zero-order valence-electron chi connectivity index (χ0n) is 15.0. The molecule has 0 saturated carbocycles. The maximum absolute atomic E-state index is 12.1. The van der Waals surface area contributed by atoms with Gasteiger partial charge < -0.3 is 25.7 Å². The number of carbonyl (C=O) groups excluding carboxylic acids is 2. The van der Waals surface area contributed by atoms with Gasteiger partial charge >= 0.3 is 0 Å². The third-order valence-electron chi connectivity index (χ3n) is 3.98. The van der Waals surface area contributed by atoms with Crippen LogP contribution in [0.1, 0.15) is 43.5 Å². The number of nitrogens with one attached hydrogen (secondary N) is 2. The summed E-state index contributed by atoms with van der Waals surface area (Å²) in [4.78, 5) is 29.5. The largest absolute Gasteiger partial charge is 0.454 e. The van der Waals surface area contributed by atoms with Crippen LogP contribution in [0.15, 0.2) is 21.5 Å². The van der Waals surface area contributed by atoms with Crippen LogP contribution in [0.25, 0.3) is 0 Å². The van der Waals surface area contributed by atoms with Crippen molar-refractivity contribution in [3.63, 3.8) is 0 Å². The molecular formula is C17H27N5O3. The summed E-state index contributed by atoms with van der Waals surface area (Å²) in [5.74, 6) is 0.945. The van der Waals surface area contributed by atoms with Crippen molar-refractivity contribution in [3.8, 4) is 0 Å². The van der Waals surface area contributed by atoms with E-state index in [1.54, 1.807) is 12.1 Å². The summed E-state index contributed by atoms with van der Waals surface area (Å²) < 4.78 is 5.33. The number of carbonyl (C=O) groups is 2. The van der Waals surface area contributed by atoms with Crippen LogP contribution in [0.5, 0.6) is 0 Å². The highest BCUT2D eigenvalue weighted by molar-refractivity contribution is 5.89. The molecule has 2 heterocycles. The third kappa shape index (κ3) is 5.23. The number of nitrogens with two attached hydrogens (primary N) is 1. The van der Waals surface area contributed by atoms with Crippen molar-refractivity contribution in [2.45, 2.75) is 39.8 Å². The van der Waals surface area contributed by atoms with Crippen LogP contribution in [0.4, 0.5) is 0 Å². The number of hydrogen-bond donors (Lipinski definition) is 3. The Morgan fingerprint density at radius 3 is 2.80 bits per heavy atom. The second kappa shape index (κ2) is 8.55. The number of guanidine groups is 1. The standard InChI is InChI=1S/C17H27N5O3/c1-4-19-17(20-9-13-5-6-14(25-13)15(18)23)21-12-7-8-22(10-12)16(24)11(2)3/h5-6,11-12H,4,7-10H2,1-3H3,(H2,18,23)(H2,19,20,21). The van der Waals surface area contributed by atoms with E-state index in [0.717, 1.165) is 19.5 Å². The average molecular weight is 349 g/mol. The number of hydrogen-bond acceptors (Lipinski definition) is 4. The van der Waals surface area contributed by atoms with Crippen molar-refractivity contribution in [3.05, 3.63) is 23.7 Å². The van der Waals surface area contributed by atoms with Crippen LogP contribution in [0.3, 0.4) is 0 Å². The molecule has 0 spiro atoms. The summed E-state index contributed by atoms with van der Waals surface area (Å²) in [6.45, 7) is 8.26. The van der Waals surface area contributed by atoms with Gasteiger partial charge in [0, 0.05) is 31.6 Å². The highest BCUT2D eigenvalue weighted by Crippen LogP contribution is 2.13. The first kappa shape index (κ1) is 18.8. The molecule has 1 aliphatic rings. The first-order chi connectivity index (χ1) is 11.9. The quantitative estimate of drug-likeness (QED) is 0.517. The third-order valence-corrected chi connectivity index (χ3v) is 3.98. The number of likely N-dealkylation sites (tertiary alicyclic amines) is 1. The lowest BCUT2D eigenvalue weighted by atomic mass is 10.2. The van der Waals surface area contributed by atoms with E-state index >= 15 is 0 Å². The molecule has 8 nitrogen and oxygen atoms in total. The number of aliphatic imine (C=N–C) groups is 1. The Morgan fingerprint density at radius 2 is 2.20 bits per heavy atom. The number of furan rings is 1. The van der Waals surface area contributed by atoms with Crippen LogP contribution < -0.4 is 16.4 Å². The molecule has 8 heteroatoms. The predicted octanol–water partition coefficient (Wildman–Crippen LogP) is 0.691. The van der Waals surface area contributed by atoms with Crippen molar-refractivity contribution in [2.24, 2.45) is 16.6 Å². The SMILES string of the molecule is CCNC(=NCc1ccc(C(N)=O)o1)NC1CCN(C(=O)C(C)C)C1. The summed E-state index contributed by atoms with van der Waals surface area (Å²) in [5.41, 5.74) is 5.17. The van der Waals surface area contributed by atoms with Gasteiger partial charge in [-0.2, -0.15) is 0 Å². The monoisotopic (exact) mass is 349 g/mol. The highest BCUT2D eigenvalue weighted by atomic mass is 16.3. The highest BCUT2D eigenvalue weighted by Gasteiger charge is 2.27. The summed E-state index contributed by atoms with van der Waals surface area (Å²) in [5, 5.41) is 6.53. The van der Waals surface area contributed by atoms with Crippen molar-refractivity contribution >= 4 is 17.8 Å². The second-order valence-electron chi connectivity index (χ2n) is 6.39. The fraction of sp³-hybridized carbons (Fsp3) is 0.588. The van der Waals surface area contributed by atoms with Gasteiger partial charge in [-0.3, -0.25) is 9.59 Å². The number of amides is 2. The summed E-state index contributed by atoms with van der Waals surface area (Å²) in [7, 11) is 0. The lowest BCUT2D eigenvalue weighted by molar-refractivity contribution is -0.133. The van der Waals surface area contributed by atoms with E-state index in [-0.39, 0.29) is 23.6 Å². The minimum absolute atomic E-state index is 0.0130. The minimum atomic E-state index is -0.596. The van der Waals surface area contributed by atoms with Gasteiger partial charge in [-0.05, 0) is 25.5 Å². The van der Waals surface area contributed by atoms with E-state index in [9.17, 15) is 9.59 Å². The molecule has 2 rings (SSSR count). The molecule has 25 heavy (non-hydrogen) atoms. The van der Waals surface area contributed by atoms with Crippen molar-refractivity contribution in [1.82, 2.24) is 15.5 Å². The van der Waals surface area contributed by atoms with E-state index < -0.39 is 5.91 Å². The number of nitrogens with zero attached hydrogens (tertiary/aromatic N) is 2. The Bertz CT molecular complexity index is 638. The molecule has 1 aromatic rings. The minimum Gasteiger partial charge on any atom is -0.454 e. The van der Waals surface area contributed by atoms with Crippen molar-refractivity contribution in [2.75, 3.05) is 19.6 Å². The van der Waals surface area contributed by atoms with Gasteiger partial charge in [0.25, 0.3) is 5.91 Å². The van der Waals surface area contributed by atoms with Crippen molar-refractivity contribution < 1.29 is 14.0 Å². The van der Waals surface area contributed by atoms with E-state index in [2.05, 4.69) is 15.6 Å². The Hall–Kier alpha value is -2.51. The molecule has 0 radical (unpaired) electrons. The molecule has 1 unspecified atom stereocenters. The lowest BCUT2D eigenvalue weighted by Crippen LogP contribution is -2.45. The first-order valence-electron chi connectivity index (χ1n) is 8.62. The van der Waals surface area contributed by atoms with Gasteiger partial charge in [-0.25, -0.2) is 4.99 Å². The summed E-state index contributed by atoms with van der Waals surface area (Å²) in [6.07, 6.45) is 0.884. The Kier molecular flexibility index (Phi) is 6.44. The summed E-state index contributed by atoms with van der Waals surface area (Å²) >= 11 is 0. The molecule has 1 fully saturated rings. The molecule has 1 aliphatic heterocycles. The van der Waals surface area contributed by atoms with Gasteiger partial charge in [0.15, 0.2) is 11.7 Å². The maximum Gasteiger partial charge on any atom is 0.284 e. The molecular weight excluding hydrogens is 322 g/mol. The molecule has 1 aromatic heterocycles. The maximum atomic E-state index is 12.1. The lowest BCUT2D eigenvalue weighted by Gasteiger charge is -2.20. The molecule has 1 saturated heterocycles. The van der Waals surface area contributed by atoms with Crippen LogP contribution in [-0.4, -0.2) is 48.3 Å². The van der Waals surface area contributed by atoms with E-state index in [4.69, 9.17) is 10.2 Å². The van der Waals surface area contributed by atoms with Crippen LogP contribution in [-0.2, 0) is 11.3 Å². The van der Waals surface area contributed by atoms with Gasteiger partial charge in [0.1, 0.15) is 12.3 Å². The number of rotatable bonds is 6. The van der Waals surface area contributed by atoms with Gasteiger partial charge in [0.05, 0.1) is 0 Å². The second-order valence-corrected chi connectivity index (χ2v) is 6.39. The smallest absolute Gasteiger partial charge is 0.284 e. The number of primary amides is 1. The topological polar surface area (TPSA) is 113 Å². The Balaban J connectivity index is 1.93. The van der Waals surface area contributed by atoms with Crippen molar-refractivity contribution in [1.29, 1.82) is 0 Å². The van der Waals surface area contributed by atoms with Crippen LogP contribution >= 0.6 is 0 Å². The van der Waals surface area contributed by atoms with Crippen LogP contribution in [0, 0.1) is 5.92 Å². The molecule has 2 amide bonds. The fourth-order valence-electron chi connectivity index (χ4n) is 2.71. The fourth-order valence-corrected chi connectivity index (χ4v) is 2.71.